The van der Waals surface area contributed by atoms with E-state index in [9.17, 15) is 9.59 Å². The van der Waals surface area contributed by atoms with Crippen LogP contribution in [0.2, 0.25) is 0 Å². The zero-order valence-corrected chi connectivity index (χ0v) is 16.1. The van der Waals surface area contributed by atoms with Gasteiger partial charge in [0, 0.05) is 19.6 Å². The van der Waals surface area contributed by atoms with Crippen molar-refractivity contribution in [3.8, 4) is 0 Å². The van der Waals surface area contributed by atoms with Crippen molar-refractivity contribution in [2.45, 2.75) is 44.4 Å². The summed E-state index contributed by atoms with van der Waals surface area (Å²) in [6.45, 7) is 2.87. The van der Waals surface area contributed by atoms with Gasteiger partial charge in [-0.2, -0.15) is 0 Å². The number of methoxy groups -OCH3 is 2. The number of ether oxygens (including phenoxy) is 2. The summed E-state index contributed by atoms with van der Waals surface area (Å²) >= 11 is 0. The molecule has 1 N–H and O–H groups in total. The van der Waals surface area contributed by atoms with Gasteiger partial charge >= 0.3 is 5.97 Å². The largest absolute Gasteiger partial charge is 0.467 e. The zero-order valence-electron chi connectivity index (χ0n) is 16.1. The van der Waals surface area contributed by atoms with Crippen LogP contribution in [0.15, 0.2) is 30.3 Å². The second kappa shape index (κ2) is 9.69. The Labute approximate surface area is 155 Å². The van der Waals surface area contributed by atoms with Crippen LogP contribution in [-0.4, -0.2) is 62.8 Å². The number of amides is 1. The summed E-state index contributed by atoms with van der Waals surface area (Å²) in [4.78, 5) is 27.2. The molecule has 0 bridgehead atoms. The standard InChI is InChI=1S/C20H30N2O4/c1-14(18(25-3)17-11-8-12-22(17)2)19(23)21-16(20(24)26-4)13-15-9-6-5-7-10-15/h5-7,9-10,14,16-18H,8,11-13H2,1-4H3,(H,21,23)/t14?,16-,17?,18?/m0/s1. The number of benzene rings is 1. The monoisotopic (exact) mass is 362 g/mol. The lowest BCUT2D eigenvalue weighted by molar-refractivity contribution is -0.146. The maximum atomic E-state index is 12.8. The quantitative estimate of drug-likeness (QED) is 0.712. The molecule has 144 valence electrons. The van der Waals surface area contributed by atoms with E-state index < -0.39 is 12.0 Å². The Bertz CT molecular complexity index is 593. The minimum atomic E-state index is -0.712. The number of carbonyl (C=O) groups is 2. The second-order valence-corrected chi connectivity index (χ2v) is 6.95. The SMILES string of the molecule is COC(=O)[C@H](Cc1ccccc1)NC(=O)C(C)C(OC)C1CCCN1C. The number of hydrogen-bond donors (Lipinski definition) is 1. The molecule has 1 aliphatic rings. The molecule has 0 aromatic heterocycles. The van der Waals surface area contributed by atoms with Crippen molar-refractivity contribution in [3.05, 3.63) is 35.9 Å². The lowest BCUT2D eigenvalue weighted by Crippen LogP contribution is -2.51. The van der Waals surface area contributed by atoms with Gasteiger partial charge in [-0.3, -0.25) is 4.79 Å². The van der Waals surface area contributed by atoms with Crippen LogP contribution in [-0.2, 0) is 25.5 Å². The first kappa shape index (κ1) is 20.4. The highest BCUT2D eigenvalue weighted by Gasteiger charge is 2.37. The van der Waals surface area contributed by atoms with Gasteiger partial charge in [0.2, 0.25) is 5.91 Å². The average Bonchev–Trinajstić information content (AvgIpc) is 3.07. The van der Waals surface area contributed by atoms with Crippen LogP contribution in [0.25, 0.3) is 0 Å². The predicted molar refractivity (Wildman–Crippen MR) is 99.7 cm³/mol. The van der Waals surface area contributed by atoms with Gasteiger partial charge in [0.15, 0.2) is 0 Å². The highest BCUT2D eigenvalue weighted by Crippen LogP contribution is 2.24. The van der Waals surface area contributed by atoms with E-state index in [1.807, 2.05) is 37.3 Å². The average molecular weight is 362 g/mol. The van der Waals surface area contributed by atoms with E-state index in [-0.39, 0.29) is 24.0 Å². The number of likely N-dealkylation sites (N-methyl/N-ethyl adjacent to an activating group) is 1. The first-order chi connectivity index (χ1) is 12.5. The summed E-state index contributed by atoms with van der Waals surface area (Å²) in [5.41, 5.74) is 0.967. The zero-order chi connectivity index (χ0) is 19.1. The molecule has 3 unspecified atom stereocenters. The first-order valence-corrected chi connectivity index (χ1v) is 9.13. The van der Waals surface area contributed by atoms with Crippen LogP contribution in [0.1, 0.15) is 25.3 Å². The molecule has 4 atom stereocenters. The fraction of sp³-hybridized carbons (Fsp3) is 0.600. The molecule has 1 saturated heterocycles. The van der Waals surface area contributed by atoms with Crippen molar-refractivity contribution < 1.29 is 19.1 Å². The molecule has 0 aliphatic carbocycles. The Morgan fingerprint density at radius 2 is 1.96 bits per heavy atom. The number of esters is 1. The Morgan fingerprint density at radius 1 is 1.27 bits per heavy atom. The fourth-order valence-corrected chi connectivity index (χ4v) is 3.68. The van der Waals surface area contributed by atoms with E-state index in [4.69, 9.17) is 9.47 Å². The van der Waals surface area contributed by atoms with Crippen molar-refractivity contribution in [3.63, 3.8) is 0 Å². The lowest BCUT2D eigenvalue weighted by atomic mass is 9.94. The summed E-state index contributed by atoms with van der Waals surface area (Å²) in [6.07, 6.45) is 2.30. The number of carbonyl (C=O) groups excluding carboxylic acids is 2. The minimum Gasteiger partial charge on any atom is -0.467 e. The molecule has 2 rings (SSSR count). The fourth-order valence-electron chi connectivity index (χ4n) is 3.68. The van der Waals surface area contributed by atoms with E-state index in [0.717, 1.165) is 24.9 Å². The number of hydrogen-bond acceptors (Lipinski definition) is 5. The number of nitrogens with one attached hydrogen (secondary N) is 1. The molecule has 0 radical (unpaired) electrons. The van der Waals surface area contributed by atoms with Gasteiger partial charge < -0.3 is 19.7 Å². The van der Waals surface area contributed by atoms with Gasteiger partial charge in [0.25, 0.3) is 0 Å². The van der Waals surface area contributed by atoms with Crippen molar-refractivity contribution in [1.82, 2.24) is 10.2 Å². The maximum Gasteiger partial charge on any atom is 0.328 e. The number of rotatable bonds is 8. The molecular weight excluding hydrogens is 332 g/mol. The molecule has 6 nitrogen and oxygen atoms in total. The van der Waals surface area contributed by atoms with Crippen LogP contribution in [0.3, 0.4) is 0 Å². The van der Waals surface area contributed by atoms with Crippen molar-refractivity contribution in [2.75, 3.05) is 27.8 Å². The van der Waals surface area contributed by atoms with Gasteiger partial charge in [-0.15, -0.1) is 0 Å². The molecule has 1 heterocycles. The van der Waals surface area contributed by atoms with Gasteiger partial charge in [-0.25, -0.2) is 4.79 Å². The Balaban J connectivity index is 2.05. The summed E-state index contributed by atoms with van der Waals surface area (Å²) in [5, 5.41) is 2.86. The van der Waals surface area contributed by atoms with Crippen LogP contribution in [0.4, 0.5) is 0 Å². The maximum absolute atomic E-state index is 12.8. The third kappa shape index (κ3) is 5.05. The topological polar surface area (TPSA) is 67.9 Å². The van der Waals surface area contributed by atoms with Crippen LogP contribution in [0, 0.1) is 5.92 Å². The smallest absolute Gasteiger partial charge is 0.328 e. The third-order valence-electron chi connectivity index (χ3n) is 5.22. The molecule has 1 aromatic carbocycles. The molecule has 1 aliphatic heterocycles. The highest BCUT2D eigenvalue weighted by molar-refractivity contribution is 5.86. The van der Waals surface area contributed by atoms with E-state index in [0.29, 0.717) is 6.42 Å². The minimum absolute atomic E-state index is 0.191. The van der Waals surface area contributed by atoms with Crippen LogP contribution >= 0.6 is 0 Å². The van der Waals surface area contributed by atoms with E-state index >= 15 is 0 Å². The molecule has 26 heavy (non-hydrogen) atoms. The molecule has 1 aromatic rings. The van der Waals surface area contributed by atoms with Crippen molar-refractivity contribution in [1.29, 1.82) is 0 Å². The Hall–Kier alpha value is -1.92. The molecule has 1 amide bonds. The van der Waals surface area contributed by atoms with Crippen LogP contribution in [0.5, 0.6) is 0 Å². The molecule has 0 spiro atoms. The van der Waals surface area contributed by atoms with E-state index in [1.54, 1.807) is 7.11 Å². The van der Waals surface area contributed by atoms with Gasteiger partial charge in [-0.05, 0) is 32.0 Å². The van der Waals surface area contributed by atoms with Gasteiger partial charge in [-0.1, -0.05) is 37.3 Å². The molecule has 6 heteroatoms. The summed E-state index contributed by atoms with van der Waals surface area (Å²) in [7, 11) is 5.03. The third-order valence-corrected chi connectivity index (χ3v) is 5.22. The van der Waals surface area contributed by atoms with E-state index in [1.165, 1.54) is 7.11 Å². The Kier molecular flexibility index (Phi) is 7.60. The molecule has 0 saturated carbocycles. The normalized spacial score (nSPS) is 21.0. The Morgan fingerprint density at radius 3 is 2.50 bits per heavy atom. The summed E-state index contributed by atoms with van der Waals surface area (Å²) < 4.78 is 10.5. The number of likely N-dealkylation sites (tertiary alicyclic amines) is 1. The van der Waals surface area contributed by atoms with Crippen LogP contribution < -0.4 is 5.32 Å². The molecular formula is C20H30N2O4. The van der Waals surface area contributed by atoms with Gasteiger partial charge in [0.05, 0.1) is 19.1 Å². The van der Waals surface area contributed by atoms with E-state index in [2.05, 4.69) is 17.3 Å². The van der Waals surface area contributed by atoms with Crippen molar-refractivity contribution in [2.24, 2.45) is 5.92 Å². The summed E-state index contributed by atoms with van der Waals surface area (Å²) in [5.74, 6) is -1.00. The van der Waals surface area contributed by atoms with Gasteiger partial charge in [0.1, 0.15) is 6.04 Å². The second-order valence-electron chi connectivity index (χ2n) is 6.95. The highest BCUT2D eigenvalue weighted by atomic mass is 16.5. The first-order valence-electron chi connectivity index (χ1n) is 9.13. The van der Waals surface area contributed by atoms with Crippen molar-refractivity contribution >= 4 is 11.9 Å². The molecule has 1 fully saturated rings. The predicted octanol–water partition coefficient (Wildman–Crippen LogP) is 1.63. The lowest BCUT2D eigenvalue weighted by Gasteiger charge is -2.32. The number of nitrogens with zero attached hydrogens (tertiary/aromatic N) is 1. The summed E-state index contributed by atoms with van der Waals surface area (Å²) in [6, 6.07) is 9.09.